The summed E-state index contributed by atoms with van der Waals surface area (Å²) >= 11 is 5.67. The van der Waals surface area contributed by atoms with Gasteiger partial charge in [-0.2, -0.15) is 0 Å². The van der Waals surface area contributed by atoms with E-state index >= 15 is 0 Å². The van der Waals surface area contributed by atoms with Gasteiger partial charge in [-0.05, 0) is 17.7 Å². The number of halogens is 1. The molecule has 0 aliphatic rings. The molecule has 2 nitrogen and oxygen atoms in total. The van der Waals surface area contributed by atoms with E-state index in [1.165, 1.54) is 6.92 Å². The number of ether oxygens (including phenoxy) is 1. The zero-order chi connectivity index (χ0) is 11.0. The average Bonchev–Trinajstić information content (AvgIpc) is 2.20. The van der Waals surface area contributed by atoms with Crippen LogP contribution in [0.15, 0.2) is 24.3 Å². The van der Waals surface area contributed by atoms with Gasteiger partial charge in [0.25, 0.3) is 0 Å². The monoisotopic (exact) mass is 214 g/mol. The summed E-state index contributed by atoms with van der Waals surface area (Å²) in [5, 5.41) is 0.682. The SMILES string of the molecule is CC.CC(=O)OCc1ccc(Cl)cc1. The molecule has 0 unspecified atom stereocenters. The van der Waals surface area contributed by atoms with Crippen molar-refractivity contribution in [1.82, 2.24) is 0 Å². The van der Waals surface area contributed by atoms with E-state index in [1.54, 1.807) is 12.1 Å². The number of benzene rings is 1. The summed E-state index contributed by atoms with van der Waals surface area (Å²) in [5.41, 5.74) is 0.939. The van der Waals surface area contributed by atoms with Crippen molar-refractivity contribution in [2.45, 2.75) is 27.4 Å². The number of hydrogen-bond donors (Lipinski definition) is 0. The fourth-order valence-corrected chi connectivity index (χ4v) is 0.892. The third-order valence-electron chi connectivity index (χ3n) is 1.36. The molecule has 0 fully saturated rings. The maximum atomic E-state index is 10.4. The molecule has 1 aromatic carbocycles. The smallest absolute Gasteiger partial charge is 0.302 e. The van der Waals surface area contributed by atoms with Crippen molar-refractivity contribution in [2.75, 3.05) is 0 Å². The van der Waals surface area contributed by atoms with Crippen molar-refractivity contribution in [2.24, 2.45) is 0 Å². The number of rotatable bonds is 2. The van der Waals surface area contributed by atoms with Crippen LogP contribution in [-0.2, 0) is 16.1 Å². The minimum atomic E-state index is -0.273. The molecule has 0 bridgehead atoms. The molecule has 0 aromatic heterocycles. The highest BCUT2D eigenvalue weighted by Gasteiger charge is 1.95. The highest BCUT2D eigenvalue weighted by Crippen LogP contribution is 2.09. The molecule has 0 saturated heterocycles. The summed E-state index contributed by atoms with van der Waals surface area (Å²) in [6.07, 6.45) is 0. The van der Waals surface area contributed by atoms with Crippen LogP contribution in [0.2, 0.25) is 5.02 Å². The standard InChI is InChI=1S/C9H9ClO2.C2H6/c1-7(11)12-6-8-2-4-9(10)5-3-8;1-2/h2-5H,6H2,1H3;1-2H3. The van der Waals surface area contributed by atoms with Gasteiger partial charge < -0.3 is 4.74 Å². The van der Waals surface area contributed by atoms with Gasteiger partial charge in [-0.25, -0.2) is 0 Å². The summed E-state index contributed by atoms with van der Waals surface area (Å²) < 4.78 is 4.79. The lowest BCUT2D eigenvalue weighted by atomic mass is 10.2. The summed E-state index contributed by atoms with van der Waals surface area (Å²) in [6, 6.07) is 7.18. The quantitative estimate of drug-likeness (QED) is 0.705. The lowest BCUT2D eigenvalue weighted by Crippen LogP contribution is -1.98. The van der Waals surface area contributed by atoms with Gasteiger partial charge in [-0.15, -0.1) is 0 Å². The van der Waals surface area contributed by atoms with Crippen LogP contribution in [0.3, 0.4) is 0 Å². The Morgan fingerprint density at radius 3 is 2.21 bits per heavy atom. The van der Waals surface area contributed by atoms with Gasteiger partial charge in [0, 0.05) is 11.9 Å². The predicted molar refractivity (Wildman–Crippen MR) is 58.3 cm³/mol. The predicted octanol–water partition coefficient (Wildman–Crippen LogP) is 3.43. The maximum absolute atomic E-state index is 10.4. The third kappa shape index (κ3) is 5.60. The molecule has 0 atom stereocenters. The highest BCUT2D eigenvalue weighted by molar-refractivity contribution is 6.30. The Hall–Kier alpha value is -1.02. The molecule has 0 heterocycles. The van der Waals surface area contributed by atoms with Gasteiger partial charge in [0.05, 0.1) is 0 Å². The highest BCUT2D eigenvalue weighted by atomic mass is 35.5. The van der Waals surface area contributed by atoms with Crippen LogP contribution in [0, 0.1) is 0 Å². The molecule has 78 valence electrons. The average molecular weight is 215 g/mol. The van der Waals surface area contributed by atoms with Crippen LogP contribution in [0.1, 0.15) is 26.3 Å². The van der Waals surface area contributed by atoms with Gasteiger partial charge >= 0.3 is 5.97 Å². The molecule has 3 heteroatoms. The second kappa shape index (κ2) is 7.39. The minimum Gasteiger partial charge on any atom is -0.461 e. The third-order valence-corrected chi connectivity index (χ3v) is 1.61. The van der Waals surface area contributed by atoms with Crippen molar-refractivity contribution in [3.8, 4) is 0 Å². The van der Waals surface area contributed by atoms with E-state index in [9.17, 15) is 4.79 Å². The molecule has 0 aliphatic heterocycles. The first-order valence-electron chi connectivity index (χ1n) is 4.56. The first kappa shape index (κ1) is 13.0. The molecule has 1 rings (SSSR count). The van der Waals surface area contributed by atoms with E-state index in [4.69, 9.17) is 16.3 Å². The summed E-state index contributed by atoms with van der Waals surface area (Å²) in [4.78, 5) is 10.4. The van der Waals surface area contributed by atoms with Crippen LogP contribution in [0.4, 0.5) is 0 Å². The largest absolute Gasteiger partial charge is 0.461 e. The Kier molecular flexibility index (Phi) is 6.85. The van der Waals surface area contributed by atoms with Crippen molar-refractivity contribution in [3.63, 3.8) is 0 Å². The Morgan fingerprint density at radius 1 is 1.29 bits per heavy atom. The molecule has 0 N–H and O–H groups in total. The van der Waals surface area contributed by atoms with Gasteiger partial charge in [0.15, 0.2) is 0 Å². The van der Waals surface area contributed by atoms with Crippen LogP contribution in [0.25, 0.3) is 0 Å². The van der Waals surface area contributed by atoms with E-state index in [0.29, 0.717) is 11.6 Å². The van der Waals surface area contributed by atoms with Crippen LogP contribution in [-0.4, -0.2) is 5.97 Å². The maximum Gasteiger partial charge on any atom is 0.302 e. The Bertz CT molecular complexity index is 267. The van der Waals surface area contributed by atoms with Gasteiger partial charge in [-0.1, -0.05) is 37.6 Å². The van der Waals surface area contributed by atoms with Gasteiger partial charge in [0.2, 0.25) is 0 Å². The molecule has 0 amide bonds. The molecular weight excluding hydrogens is 200 g/mol. The molecule has 0 aliphatic carbocycles. The minimum absolute atomic E-state index is 0.273. The van der Waals surface area contributed by atoms with E-state index in [2.05, 4.69) is 0 Å². The molecule has 0 spiro atoms. The Labute approximate surface area is 89.8 Å². The van der Waals surface area contributed by atoms with Crippen LogP contribution < -0.4 is 0 Å². The first-order valence-corrected chi connectivity index (χ1v) is 4.94. The second-order valence-electron chi connectivity index (χ2n) is 2.41. The van der Waals surface area contributed by atoms with E-state index in [-0.39, 0.29) is 5.97 Å². The summed E-state index contributed by atoms with van der Waals surface area (Å²) in [7, 11) is 0. The van der Waals surface area contributed by atoms with Gasteiger partial charge in [-0.3, -0.25) is 4.79 Å². The summed E-state index contributed by atoms with van der Waals surface area (Å²) in [5.74, 6) is -0.273. The zero-order valence-corrected chi connectivity index (χ0v) is 9.47. The number of esters is 1. The number of hydrogen-bond acceptors (Lipinski definition) is 2. The van der Waals surface area contributed by atoms with E-state index in [0.717, 1.165) is 5.56 Å². The summed E-state index contributed by atoms with van der Waals surface area (Å²) in [6.45, 7) is 5.70. The molecule has 0 saturated carbocycles. The number of carbonyl (C=O) groups is 1. The second-order valence-corrected chi connectivity index (χ2v) is 2.84. The van der Waals surface area contributed by atoms with Crippen molar-refractivity contribution >= 4 is 17.6 Å². The lowest BCUT2D eigenvalue weighted by Gasteiger charge is -2.00. The van der Waals surface area contributed by atoms with E-state index in [1.807, 2.05) is 26.0 Å². The van der Waals surface area contributed by atoms with Crippen molar-refractivity contribution in [1.29, 1.82) is 0 Å². The van der Waals surface area contributed by atoms with Crippen molar-refractivity contribution in [3.05, 3.63) is 34.9 Å². The van der Waals surface area contributed by atoms with Crippen LogP contribution in [0.5, 0.6) is 0 Å². The topological polar surface area (TPSA) is 26.3 Å². The fraction of sp³-hybridized carbons (Fsp3) is 0.364. The Balaban J connectivity index is 0.000000791. The van der Waals surface area contributed by atoms with Crippen molar-refractivity contribution < 1.29 is 9.53 Å². The van der Waals surface area contributed by atoms with Crippen LogP contribution >= 0.6 is 11.6 Å². The number of carbonyl (C=O) groups excluding carboxylic acids is 1. The fourth-order valence-electron chi connectivity index (χ4n) is 0.766. The normalized spacial score (nSPS) is 8.57. The van der Waals surface area contributed by atoms with Gasteiger partial charge in [0.1, 0.15) is 6.61 Å². The molecule has 1 aromatic rings. The molecule has 14 heavy (non-hydrogen) atoms. The zero-order valence-electron chi connectivity index (χ0n) is 8.71. The first-order chi connectivity index (χ1) is 6.68. The van der Waals surface area contributed by atoms with E-state index < -0.39 is 0 Å². The molecular formula is C11H15ClO2. The lowest BCUT2D eigenvalue weighted by molar-refractivity contribution is -0.142. The molecule has 0 radical (unpaired) electrons. The Morgan fingerprint density at radius 2 is 1.79 bits per heavy atom.